The number of hydrogen-bond acceptors (Lipinski definition) is 5. The van der Waals surface area contributed by atoms with Crippen LogP contribution >= 0.6 is 12.2 Å². The van der Waals surface area contributed by atoms with Crippen molar-refractivity contribution in [3.63, 3.8) is 0 Å². The van der Waals surface area contributed by atoms with E-state index in [9.17, 15) is 4.79 Å². The number of nitrogens with two attached hydrogens (primary N) is 1. The number of rotatable bonds is 4. The van der Waals surface area contributed by atoms with Crippen LogP contribution in [0.4, 0.5) is 5.69 Å². The summed E-state index contributed by atoms with van der Waals surface area (Å²) < 4.78 is 0. The Labute approximate surface area is 136 Å². The molecule has 0 saturated carbocycles. The van der Waals surface area contributed by atoms with Gasteiger partial charge in [0.15, 0.2) is 5.71 Å². The van der Waals surface area contributed by atoms with Crippen molar-refractivity contribution in [2.24, 2.45) is 10.8 Å². The lowest BCUT2D eigenvalue weighted by molar-refractivity contribution is -0.125. The number of piperazine rings is 1. The van der Waals surface area contributed by atoms with E-state index < -0.39 is 0 Å². The number of amides is 1. The van der Waals surface area contributed by atoms with Gasteiger partial charge in [-0.3, -0.25) is 10.2 Å². The minimum atomic E-state index is -0.222. The van der Waals surface area contributed by atoms with Crippen LogP contribution in [0.5, 0.6) is 0 Å². The summed E-state index contributed by atoms with van der Waals surface area (Å²) in [6.45, 7) is 4.96. The maximum absolute atomic E-state index is 12.5. The van der Waals surface area contributed by atoms with E-state index in [4.69, 9.17) is 18.0 Å². The predicted molar refractivity (Wildman–Crippen MR) is 93.1 cm³/mol. The van der Waals surface area contributed by atoms with Gasteiger partial charge in [0, 0.05) is 26.2 Å². The van der Waals surface area contributed by atoms with E-state index in [1.807, 2.05) is 38.2 Å². The molecular formula is C15H21N5OS. The zero-order valence-electron chi connectivity index (χ0n) is 12.9. The summed E-state index contributed by atoms with van der Waals surface area (Å²) >= 11 is 4.98. The Morgan fingerprint density at radius 2 is 2.00 bits per heavy atom. The molecule has 1 amide bonds. The molecule has 7 heteroatoms. The molecule has 2 rings (SSSR count). The Bertz CT molecular complexity index is 593. The first kappa shape index (κ1) is 16.4. The summed E-state index contributed by atoms with van der Waals surface area (Å²) in [5.41, 5.74) is 10.5. The number of likely N-dealkylation sites (N-methyl/N-ethyl adjacent to an activating group) is 1. The van der Waals surface area contributed by atoms with Gasteiger partial charge in [0.2, 0.25) is 0 Å². The van der Waals surface area contributed by atoms with E-state index in [2.05, 4.69) is 15.4 Å². The topological polar surface area (TPSA) is 74.0 Å². The van der Waals surface area contributed by atoms with Crippen molar-refractivity contribution < 1.29 is 4.79 Å². The third kappa shape index (κ3) is 4.25. The number of nitrogens with one attached hydrogen (secondary N) is 1. The molecule has 1 aliphatic rings. The van der Waals surface area contributed by atoms with E-state index in [-0.39, 0.29) is 16.6 Å². The van der Waals surface area contributed by atoms with Crippen molar-refractivity contribution in [3.8, 4) is 0 Å². The van der Waals surface area contributed by atoms with Gasteiger partial charge < -0.3 is 15.5 Å². The monoisotopic (exact) mass is 319 g/mol. The van der Waals surface area contributed by atoms with Gasteiger partial charge in [-0.2, -0.15) is 5.10 Å². The van der Waals surface area contributed by atoms with Gasteiger partial charge in [0.1, 0.15) is 4.99 Å². The lowest BCUT2D eigenvalue weighted by Gasteiger charge is -2.32. The zero-order valence-corrected chi connectivity index (χ0v) is 13.7. The van der Waals surface area contributed by atoms with Crippen LogP contribution in [-0.4, -0.2) is 59.6 Å². The lowest BCUT2D eigenvalue weighted by Crippen LogP contribution is -2.51. The highest BCUT2D eigenvalue weighted by atomic mass is 32.1. The minimum Gasteiger partial charge on any atom is -0.388 e. The van der Waals surface area contributed by atoms with E-state index >= 15 is 0 Å². The molecule has 1 saturated heterocycles. The second kappa shape index (κ2) is 7.33. The van der Waals surface area contributed by atoms with E-state index in [0.29, 0.717) is 13.1 Å². The SMILES string of the molecule is Cc1cccc(NN=C(C(=O)N2CCN(C)CC2)C(N)=S)c1. The van der Waals surface area contributed by atoms with Gasteiger partial charge in [0.25, 0.3) is 5.91 Å². The molecule has 1 aromatic rings. The first-order valence-corrected chi connectivity index (χ1v) is 7.56. The Morgan fingerprint density at radius 1 is 1.32 bits per heavy atom. The molecule has 0 unspecified atom stereocenters. The number of carbonyl (C=O) groups excluding carboxylic acids is 1. The van der Waals surface area contributed by atoms with Crippen LogP contribution in [0.3, 0.4) is 0 Å². The zero-order chi connectivity index (χ0) is 16.1. The molecule has 0 bridgehead atoms. The predicted octanol–water partition coefficient (Wildman–Crippen LogP) is 0.823. The number of carbonyl (C=O) groups is 1. The summed E-state index contributed by atoms with van der Waals surface area (Å²) in [5, 5.41) is 4.12. The molecule has 118 valence electrons. The van der Waals surface area contributed by atoms with Crippen LogP contribution < -0.4 is 11.2 Å². The van der Waals surface area contributed by atoms with Crippen molar-refractivity contribution >= 4 is 34.5 Å². The first-order valence-electron chi connectivity index (χ1n) is 7.15. The summed E-state index contributed by atoms with van der Waals surface area (Å²) in [6.07, 6.45) is 0. The molecule has 3 N–H and O–H groups in total. The van der Waals surface area contributed by atoms with Gasteiger partial charge in [-0.15, -0.1) is 0 Å². The van der Waals surface area contributed by atoms with Crippen LogP contribution in [0.25, 0.3) is 0 Å². The molecule has 1 aromatic carbocycles. The van der Waals surface area contributed by atoms with Gasteiger partial charge in [-0.1, -0.05) is 24.4 Å². The summed E-state index contributed by atoms with van der Waals surface area (Å²) in [5.74, 6) is -0.222. The molecule has 1 aliphatic heterocycles. The van der Waals surface area contributed by atoms with E-state index in [0.717, 1.165) is 24.3 Å². The Morgan fingerprint density at radius 3 is 2.59 bits per heavy atom. The van der Waals surface area contributed by atoms with E-state index in [1.54, 1.807) is 4.90 Å². The molecule has 6 nitrogen and oxygen atoms in total. The van der Waals surface area contributed by atoms with Gasteiger partial charge in [-0.05, 0) is 31.7 Å². The van der Waals surface area contributed by atoms with Crippen LogP contribution in [0.1, 0.15) is 5.56 Å². The lowest BCUT2D eigenvalue weighted by atomic mass is 10.2. The third-order valence-corrected chi connectivity index (χ3v) is 3.73. The van der Waals surface area contributed by atoms with Crippen LogP contribution in [0.15, 0.2) is 29.4 Å². The number of hydrogen-bond donors (Lipinski definition) is 2. The number of aryl methyl sites for hydroxylation is 1. The van der Waals surface area contributed by atoms with Crippen LogP contribution in [-0.2, 0) is 4.79 Å². The second-order valence-electron chi connectivity index (χ2n) is 5.40. The third-order valence-electron chi connectivity index (χ3n) is 3.54. The molecule has 0 atom stereocenters. The Hall–Kier alpha value is -1.99. The summed E-state index contributed by atoms with van der Waals surface area (Å²) in [4.78, 5) is 16.4. The second-order valence-corrected chi connectivity index (χ2v) is 5.84. The summed E-state index contributed by atoms with van der Waals surface area (Å²) in [7, 11) is 2.03. The fourth-order valence-corrected chi connectivity index (χ4v) is 2.34. The van der Waals surface area contributed by atoms with Crippen molar-refractivity contribution in [2.45, 2.75) is 6.92 Å². The molecule has 0 aromatic heterocycles. The van der Waals surface area contributed by atoms with Crippen molar-refractivity contribution in [2.75, 3.05) is 38.7 Å². The van der Waals surface area contributed by atoms with E-state index in [1.165, 1.54) is 0 Å². The molecular weight excluding hydrogens is 298 g/mol. The van der Waals surface area contributed by atoms with Crippen molar-refractivity contribution in [1.29, 1.82) is 0 Å². The fourth-order valence-electron chi connectivity index (χ4n) is 2.20. The average molecular weight is 319 g/mol. The molecule has 0 radical (unpaired) electrons. The number of anilines is 1. The molecule has 22 heavy (non-hydrogen) atoms. The van der Waals surface area contributed by atoms with Gasteiger partial charge in [0.05, 0.1) is 5.69 Å². The van der Waals surface area contributed by atoms with Gasteiger partial charge in [-0.25, -0.2) is 0 Å². The smallest absolute Gasteiger partial charge is 0.277 e. The highest BCUT2D eigenvalue weighted by molar-refractivity contribution is 7.82. The van der Waals surface area contributed by atoms with Crippen LogP contribution in [0.2, 0.25) is 0 Å². The van der Waals surface area contributed by atoms with Gasteiger partial charge >= 0.3 is 0 Å². The maximum Gasteiger partial charge on any atom is 0.277 e. The highest BCUT2D eigenvalue weighted by Gasteiger charge is 2.25. The maximum atomic E-state index is 12.5. The Kier molecular flexibility index (Phi) is 5.46. The van der Waals surface area contributed by atoms with Crippen molar-refractivity contribution in [3.05, 3.63) is 29.8 Å². The first-order chi connectivity index (χ1) is 10.5. The average Bonchev–Trinajstić information content (AvgIpc) is 2.47. The molecule has 1 fully saturated rings. The fraction of sp³-hybridized carbons (Fsp3) is 0.400. The minimum absolute atomic E-state index is 0.00378. The number of hydrazone groups is 1. The Balaban J connectivity index is 2.10. The standard InChI is InChI=1S/C15H21N5OS/c1-11-4-3-5-12(10-11)17-18-13(14(16)22)15(21)20-8-6-19(2)7-9-20/h3-5,10,17H,6-9H2,1-2H3,(H2,16,22). The number of thiocarbonyl (C=S) groups is 1. The number of nitrogens with zero attached hydrogens (tertiary/aromatic N) is 3. The number of benzene rings is 1. The highest BCUT2D eigenvalue weighted by Crippen LogP contribution is 2.10. The largest absolute Gasteiger partial charge is 0.388 e. The summed E-state index contributed by atoms with van der Waals surface area (Å²) in [6, 6.07) is 7.70. The molecule has 0 spiro atoms. The normalized spacial score (nSPS) is 16.5. The molecule has 1 heterocycles. The van der Waals surface area contributed by atoms with Crippen LogP contribution in [0, 0.1) is 6.92 Å². The van der Waals surface area contributed by atoms with Crippen molar-refractivity contribution in [1.82, 2.24) is 9.80 Å². The quantitative estimate of drug-likeness (QED) is 0.488. The molecule has 0 aliphatic carbocycles.